The molecule has 1 atom stereocenters. The van der Waals surface area contributed by atoms with Gasteiger partial charge in [0.1, 0.15) is 0 Å². The van der Waals surface area contributed by atoms with Crippen LogP contribution >= 0.6 is 0 Å². The van der Waals surface area contributed by atoms with Gasteiger partial charge in [-0.3, -0.25) is 9.58 Å². The molecule has 0 aromatic carbocycles. The molecule has 0 amide bonds. The average molecular weight is 291 g/mol. The van der Waals surface area contributed by atoms with Gasteiger partial charge in [0.05, 0.1) is 17.8 Å². The monoisotopic (exact) mass is 291 g/mol. The summed E-state index contributed by atoms with van der Waals surface area (Å²) in [6.45, 7) is 1.76. The molecule has 2 fully saturated rings. The summed E-state index contributed by atoms with van der Waals surface area (Å²) >= 11 is 0. The van der Waals surface area contributed by atoms with E-state index in [2.05, 4.69) is 27.0 Å². The molecule has 2 aliphatic rings. The van der Waals surface area contributed by atoms with Crippen LogP contribution in [0.5, 0.6) is 0 Å². The molecule has 1 aliphatic carbocycles. The zero-order valence-electron chi connectivity index (χ0n) is 12.5. The zero-order chi connectivity index (χ0) is 14.7. The molecule has 1 aromatic heterocycles. The Morgan fingerprint density at radius 2 is 2.10 bits per heavy atom. The van der Waals surface area contributed by atoms with Gasteiger partial charge in [-0.1, -0.05) is 24.4 Å². The third kappa shape index (κ3) is 3.20. The molecule has 3 N–H and O–H groups in total. The summed E-state index contributed by atoms with van der Waals surface area (Å²) in [6.07, 6.45) is 10.6. The van der Waals surface area contributed by atoms with Crippen molar-refractivity contribution < 1.29 is 5.21 Å². The fourth-order valence-electron chi connectivity index (χ4n) is 3.64. The van der Waals surface area contributed by atoms with Crippen molar-refractivity contribution in [2.24, 2.45) is 10.9 Å². The SMILES string of the molecule is NC(=NO)C1CCCN1Cc1ccn(C2CCCCC2)n1. The van der Waals surface area contributed by atoms with Crippen LogP contribution in [0.4, 0.5) is 0 Å². The summed E-state index contributed by atoms with van der Waals surface area (Å²) in [6, 6.07) is 2.73. The Labute approximate surface area is 125 Å². The summed E-state index contributed by atoms with van der Waals surface area (Å²) in [4.78, 5) is 2.25. The molecule has 1 saturated carbocycles. The van der Waals surface area contributed by atoms with Crippen LogP contribution in [0, 0.1) is 0 Å². The van der Waals surface area contributed by atoms with Gasteiger partial charge in [-0.2, -0.15) is 5.10 Å². The second-order valence-corrected chi connectivity index (χ2v) is 6.23. The molecule has 1 aromatic rings. The third-order valence-electron chi connectivity index (χ3n) is 4.80. The number of aromatic nitrogens is 2. The molecule has 116 valence electrons. The van der Waals surface area contributed by atoms with E-state index in [-0.39, 0.29) is 6.04 Å². The first kappa shape index (κ1) is 14.4. The maximum Gasteiger partial charge on any atom is 0.156 e. The highest BCUT2D eigenvalue weighted by Crippen LogP contribution is 2.28. The van der Waals surface area contributed by atoms with Crippen LogP contribution in [0.3, 0.4) is 0 Å². The first-order valence-corrected chi connectivity index (χ1v) is 8.03. The van der Waals surface area contributed by atoms with Crippen molar-refractivity contribution in [2.45, 2.75) is 63.6 Å². The molecule has 0 radical (unpaired) electrons. The van der Waals surface area contributed by atoms with E-state index in [4.69, 9.17) is 16.0 Å². The topological polar surface area (TPSA) is 79.7 Å². The van der Waals surface area contributed by atoms with Crippen molar-refractivity contribution in [3.05, 3.63) is 18.0 Å². The molecule has 1 aliphatic heterocycles. The molecule has 1 saturated heterocycles. The quantitative estimate of drug-likeness (QED) is 0.385. The lowest BCUT2D eigenvalue weighted by Gasteiger charge is -2.23. The van der Waals surface area contributed by atoms with Crippen molar-refractivity contribution in [3.63, 3.8) is 0 Å². The number of hydrogen-bond donors (Lipinski definition) is 2. The minimum Gasteiger partial charge on any atom is -0.409 e. The first-order valence-electron chi connectivity index (χ1n) is 8.03. The van der Waals surface area contributed by atoms with Crippen molar-refractivity contribution in [1.29, 1.82) is 0 Å². The van der Waals surface area contributed by atoms with Crippen LogP contribution in [0.25, 0.3) is 0 Å². The lowest BCUT2D eigenvalue weighted by molar-refractivity contribution is 0.269. The Bertz CT molecular complexity index is 492. The second kappa shape index (κ2) is 6.47. The lowest BCUT2D eigenvalue weighted by atomic mass is 9.96. The molecule has 1 unspecified atom stereocenters. The summed E-state index contributed by atoms with van der Waals surface area (Å²) in [5.41, 5.74) is 6.86. The van der Waals surface area contributed by atoms with E-state index in [0.29, 0.717) is 11.9 Å². The Balaban J connectivity index is 1.64. The predicted molar refractivity (Wildman–Crippen MR) is 81.2 cm³/mol. The van der Waals surface area contributed by atoms with E-state index in [1.807, 2.05) is 0 Å². The van der Waals surface area contributed by atoms with Crippen LogP contribution in [-0.4, -0.2) is 38.3 Å². The van der Waals surface area contributed by atoms with Crippen LogP contribution in [0.1, 0.15) is 56.7 Å². The van der Waals surface area contributed by atoms with Crippen LogP contribution in [-0.2, 0) is 6.54 Å². The molecule has 6 heteroatoms. The Hall–Kier alpha value is -1.56. The molecule has 2 heterocycles. The highest BCUT2D eigenvalue weighted by molar-refractivity contribution is 5.85. The molecule has 21 heavy (non-hydrogen) atoms. The molecular formula is C15H25N5O. The standard InChI is InChI=1S/C15H25N5O/c16-15(18-21)14-7-4-9-19(14)11-12-8-10-20(17-12)13-5-2-1-3-6-13/h8,10,13-14,21H,1-7,9,11H2,(H2,16,18). The minimum absolute atomic E-state index is 0.0508. The van der Waals surface area contributed by atoms with E-state index >= 15 is 0 Å². The molecular weight excluding hydrogens is 266 g/mol. The van der Waals surface area contributed by atoms with Gasteiger partial charge in [-0.25, -0.2) is 0 Å². The van der Waals surface area contributed by atoms with Crippen molar-refractivity contribution in [3.8, 4) is 0 Å². The highest BCUT2D eigenvalue weighted by atomic mass is 16.4. The smallest absolute Gasteiger partial charge is 0.156 e. The summed E-state index contributed by atoms with van der Waals surface area (Å²) in [7, 11) is 0. The molecule has 3 rings (SSSR count). The number of nitrogens with two attached hydrogens (primary N) is 1. The third-order valence-corrected chi connectivity index (χ3v) is 4.80. The van der Waals surface area contributed by atoms with Crippen LogP contribution in [0.2, 0.25) is 0 Å². The van der Waals surface area contributed by atoms with Gasteiger partial charge in [-0.15, -0.1) is 0 Å². The average Bonchev–Trinajstić information content (AvgIpc) is 3.17. The van der Waals surface area contributed by atoms with E-state index in [1.165, 1.54) is 32.1 Å². The number of nitrogens with zero attached hydrogens (tertiary/aromatic N) is 4. The highest BCUT2D eigenvalue weighted by Gasteiger charge is 2.28. The number of amidine groups is 1. The minimum atomic E-state index is 0.0508. The Kier molecular flexibility index (Phi) is 4.43. The maximum atomic E-state index is 8.87. The second-order valence-electron chi connectivity index (χ2n) is 6.23. The van der Waals surface area contributed by atoms with Gasteiger partial charge in [0.2, 0.25) is 0 Å². The largest absolute Gasteiger partial charge is 0.409 e. The summed E-state index contributed by atoms with van der Waals surface area (Å²) < 4.78 is 2.14. The van der Waals surface area contributed by atoms with E-state index in [1.54, 1.807) is 0 Å². The van der Waals surface area contributed by atoms with E-state index in [0.717, 1.165) is 31.6 Å². The number of likely N-dealkylation sites (tertiary alicyclic amines) is 1. The van der Waals surface area contributed by atoms with Gasteiger partial charge < -0.3 is 10.9 Å². The van der Waals surface area contributed by atoms with Crippen LogP contribution in [0.15, 0.2) is 17.4 Å². The first-order chi connectivity index (χ1) is 10.3. The zero-order valence-corrected chi connectivity index (χ0v) is 12.5. The lowest BCUT2D eigenvalue weighted by Crippen LogP contribution is -2.40. The Morgan fingerprint density at radius 3 is 2.86 bits per heavy atom. The number of hydrogen-bond acceptors (Lipinski definition) is 4. The van der Waals surface area contributed by atoms with Gasteiger partial charge in [-0.05, 0) is 38.3 Å². The summed E-state index contributed by atoms with van der Waals surface area (Å²) in [5.74, 6) is 0.319. The normalized spacial score (nSPS) is 25.5. The van der Waals surface area contributed by atoms with Crippen LogP contribution < -0.4 is 5.73 Å². The fourth-order valence-corrected chi connectivity index (χ4v) is 3.64. The van der Waals surface area contributed by atoms with Crippen molar-refractivity contribution in [2.75, 3.05) is 6.54 Å². The molecule has 0 bridgehead atoms. The molecule has 0 spiro atoms. The van der Waals surface area contributed by atoms with E-state index < -0.39 is 0 Å². The van der Waals surface area contributed by atoms with Gasteiger partial charge >= 0.3 is 0 Å². The van der Waals surface area contributed by atoms with Crippen molar-refractivity contribution >= 4 is 5.84 Å². The van der Waals surface area contributed by atoms with Gasteiger partial charge in [0, 0.05) is 12.7 Å². The predicted octanol–water partition coefficient (Wildman–Crippen LogP) is 2.10. The Morgan fingerprint density at radius 1 is 1.29 bits per heavy atom. The number of oxime groups is 1. The van der Waals surface area contributed by atoms with Crippen molar-refractivity contribution in [1.82, 2.24) is 14.7 Å². The fraction of sp³-hybridized carbons (Fsp3) is 0.733. The van der Waals surface area contributed by atoms with Gasteiger partial charge in [0.15, 0.2) is 5.84 Å². The molecule has 6 nitrogen and oxygen atoms in total. The van der Waals surface area contributed by atoms with E-state index in [9.17, 15) is 0 Å². The number of rotatable bonds is 4. The summed E-state index contributed by atoms with van der Waals surface area (Å²) in [5, 5.41) is 16.8. The maximum absolute atomic E-state index is 8.87. The van der Waals surface area contributed by atoms with Gasteiger partial charge in [0.25, 0.3) is 0 Å².